The summed E-state index contributed by atoms with van der Waals surface area (Å²) in [6.07, 6.45) is 1.67. The number of benzene rings is 1. The zero-order valence-electron chi connectivity index (χ0n) is 17.5. The van der Waals surface area contributed by atoms with Gasteiger partial charge < -0.3 is 15.4 Å². The van der Waals surface area contributed by atoms with Gasteiger partial charge in [0.05, 0.1) is 6.61 Å². The Balaban J connectivity index is 0.00000256. The summed E-state index contributed by atoms with van der Waals surface area (Å²) < 4.78 is 7.64. The van der Waals surface area contributed by atoms with E-state index in [9.17, 15) is 9.59 Å². The van der Waals surface area contributed by atoms with Gasteiger partial charge in [-0.2, -0.15) is 0 Å². The van der Waals surface area contributed by atoms with Crippen molar-refractivity contribution in [2.24, 2.45) is 5.92 Å². The number of para-hydroxylation sites is 1. The van der Waals surface area contributed by atoms with Crippen molar-refractivity contribution >= 4 is 18.3 Å². The fourth-order valence-electron chi connectivity index (χ4n) is 4.72. The smallest absolute Gasteiger partial charge is 0.251 e. The van der Waals surface area contributed by atoms with Crippen molar-refractivity contribution in [3.05, 3.63) is 63.6 Å². The van der Waals surface area contributed by atoms with Crippen LogP contribution in [0.3, 0.4) is 0 Å². The molecule has 2 bridgehead atoms. The largest absolute Gasteiger partial charge is 0.493 e. The number of carbonyl (C=O) groups excluding carboxylic acids is 1. The lowest BCUT2D eigenvalue weighted by Gasteiger charge is -2.42. The molecule has 162 valence electrons. The minimum absolute atomic E-state index is 0. The number of nitrogens with one attached hydrogen (secondary N) is 2. The number of hydrogen-bond donors (Lipinski definition) is 2. The highest BCUT2D eigenvalue weighted by molar-refractivity contribution is 5.85. The van der Waals surface area contributed by atoms with Gasteiger partial charge in [-0.1, -0.05) is 24.3 Å². The van der Waals surface area contributed by atoms with Gasteiger partial charge in [-0.3, -0.25) is 14.2 Å². The summed E-state index contributed by atoms with van der Waals surface area (Å²) in [5, 5.41) is 6.45. The van der Waals surface area contributed by atoms with Crippen LogP contribution in [0.15, 0.2) is 41.2 Å². The van der Waals surface area contributed by atoms with Gasteiger partial charge in [-0.05, 0) is 43.9 Å². The quantitative estimate of drug-likeness (QED) is 0.690. The number of aromatic nitrogens is 1. The van der Waals surface area contributed by atoms with Crippen LogP contribution in [-0.4, -0.2) is 36.7 Å². The van der Waals surface area contributed by atoms with E-state index in [-0.39, 0.29) is 29.8 Å². The molecule has 30 heavy (non-hydrogen) atoms. The van der Waals surface area contributed by atoms with Crippen LogP contribution >= 0.6 is 12.4 Å². The van der Waals surface area contributed by atoms with Crippen LogP contribution in [-0.2, 0) is 4.79 Å². The van der Waals surface area contributed by atoms with Gasteiger partial charge in [0.1, 0.15) is 11.8 Å². The maximum atomic E-state index is 13.0. The highest BCUT2D eigenvalue weighted by Gasteiger charge is 2.41. The second kappa shape index (κ2) is 9.67. The molecule has 2 aliphatic rings. The minimum Gasteiger partial charge on any atom is -0.493 e. The Morgan fingerprint density at radius 3 is 2.67 bits per heavy atom. The molecule has 2 N–H and O–H groups in total. The minimum atomic E-state index is -0.442. The molecule has 1 fully saturated rings. The van der Waals surface area contributed by atoms with Crippen LogP contribution in [0.5, 0.6) is 5.75 Å². The molecule has 6 nitrogen and oxygen atoms in total. The lowest BCUT2D eigenvalue weighted by molar-refractivity contribution is -0.127. The van der Waals surface area contributed by atoms with E-state index in [1.165, 1.54) is 0 Å². The molecule has 3 heterocycles. The summed E-state index contributed by atoms with van der Waals surface area (Å²) in [5.74, 6) is 1.30. The molecule has 0 spiro atoms. The van der Waals surface area contributed by atoms with Gasteiger partial charge in [-0.25, -0.2) is 0 Å². The highest BCUT2D eigenvalue weighted by atomic mass is 35.5. The number of fused-ring (bicyclic) bond motifs is 4. The molecule has 1 amide bonds. The number of carbonyl (C=O) groups is 1. The van der Waals surface area contributed by atoms with Gasteiger partial charge in [0.25, 0.3) is 5.56 Å². The van der Waals surface area contributed by atoms with Crippen molar-refractivity contribution in [2.75, 3.05) is 26.2 Å². The molecular formula is C23H30ClN3O3. The predicted octanol–water partition coefficient (Wildman–Crippen LogP) is 2.72. The molecule has 1 aromatic heterocycles. The van der Waals surface area contributed by atoms with Crippen molar-refractivity contribution in [2.45, 2.75) is 38.6 Å². The van der Waals surface area contributed by atoms with Crippen molar-refractivity contribution < 1.29 is 9.53 Å². The molecule has 2 aromatic rings. The monoisotopic (exact) mass is 431 g/mol. The topological polar surface area (TPSA) is 72.4 Å². The van der Waals surface area contributed by atoms with Crippen LogP contribution in [0, 0.1) is 19.8 Å². The van der Waals surface area contributed by atoms with E-state index in [1.54, 1.807) is 16.7 Å². The fourth-order valence-corrected chi connectivity index (χ4v) is 4.72. The zero-order valence-corrected chi connectivity index (χ0v) is 18.3. The third-order valence-electron chi connectivity index (χ3n) is 6.09. The van der Waals surface area contributed by atoms with Gasteiger partial charge in [-0.15, -0.1) is 12.4 Å². The molecule has 1 aromatic carbocycles. The molecule has 2 aliphatic heterocycles. The Hall–Kier alpha value is -2.31. The Kier molecular flexibility index (Phi) is 7.21. The Bertz CT molecular complexity index is 939. The predicted molar refractivity (Wildman–Crippen MR) is 120 cm³/mol. The number of halogens is 1. The van der Waals surface area contributed by atoms with Crippen molar-refractivity contribution in [3.63, 3.8) is 0 Å². The van der Waals surface area contributed by atoms with Crippen molar-refractivity contribution in [3.8, 4) is 5.75 Å². The number of aryl methyl sites for hydroxylation is 2. The van der Waals surface area contributed by atoms with Crippen LogP contribution in [0.1, 0.15) is 41.6 Å². The van der Waals surface area contributed by atoms with Crippen LogP contribution in [0.2, 0.25) is 0 Å². The van der Waals surface area contributed by atoms with Gasteiger partial charge in [0, 0.05) is 43.2 Å². The van der Waals surface area contributed by atoms with Crippen LogP contribution < -0.4 is 20.9 Å². The Morgan fingerprint density at radius 1 is 1.17 bits per heavy atom. The number of piperidine rings is 1. The second-order valence-corrected chi connectivity index (χ2v) is 8.17. The molecule has 7 heteroatoms. The summed E-state index contributed by atoms with van der Waals surface area (Å²) in [6, 6.07) is 11.0. The number of pyridine rings is 1. The first-order chi connectivity index (χ1) is 14.1. The van der Waals surface area contributed by atoms with E-state index < -0.39 is 6.04 Å². The van der Waals surface area contributed by atoms with Gasteiger partial charge >= 0.3 is 0 Å². The van der Waals surface area contributed by atoms with Crippen molar-refractivity contribution in [1.29, 1.82) is 0 Å². The van der Waals surface area contributed by atoms with Crippen molar-refractivity contribution in [1.82, 2.24) is 15.2 Å². The number of ether oxygens (including phenoxy) is 1. The highest BCUT2D eigenvalue weighted by Crippen LogP contribution is 2.38. The second-order valence-electron chi connectivity index (χ2n) is 8.17. The number of nitrogens with zero attached hydrogens (tertiary/aromatic N) is 1. The van der Waals surface area contributed by atoms with Crippen LogP contribution in [0.25, 0.3) is 0 Å². The summed E-state index contributed by atoms with van der Waals surface area (Å²) in [4.78, 5) is 25.6. The lowest BCUT2D eigenvalue weighted by atomic mass is 9.79. The maximum absolute atomic E-state index is 13.0. The SMILES string of the molecule is Cc1cccc(C)c1OCCCNC(=O)[C@H]1[C@@H]2CNC[C@@H](C2)c2cccc(=O)n21.Cl. The maximum Gasteiger partial charge on any atom is 0.251 e. The van der Waals surface area contributed by atoms with Crippen LogP contribution in [0.4, 0.5) is 0 Å². The van der Waals surface area contributed by atoms with E-state index in [0.29, 0.717) is 25.5 Å². The average Bonchev–Trinajstić information content (AvgIpc) is 2.71. The molecular weight excluding hydrogens is 402 g/mol. The summed E-state index contributed by atoms with van der Waals surface area (Å²) in [5.41, 5.74) is 3.12. The summed E-state index contributed by atoms with van der Waals surface area (Å²) in [6.45, 7) is 6.78. The third kappa shape index (κ3) is 4.40. The molecule has 0 saturated carbocycles. The first-order valence-corrected chi connectivity index (χ1v) is 10.4. The third-order valence-corrected chi connectivity index (χ3v) is 6.09. The lowest BCUT2D eigenvalue weighted by Crippen LogP contribution is -2.52. The number of hydrogen-bond acceptors (Lipinski definition) is 4. The molecule has 1 saturated heterocycles. The number of rotatable bonds is 6. The number of amides is 1. The Labute approximate surface area is 183 Å². The van der Waals surface area contributed by atoms with Gasteiger partial charge in [0.2, 0.25) is 5.91 Å². The standard InChI is InChI=1S/C23H29N3O3.ClH/c1-15-6-3-7-16(2)22(15)29-11-5-10-25-23(28)21-18-12-17(13-24-14-18)19-8-4-9-20(27)26(19)21;/h3-4,6-9,17-18,21,24H,5,10-14H2,1-2H3,(H,25,28);1H/t17-,18+,21-;/m1./s1. The van der Waals surface area contributed by atoms with E-state index >= 15 is 0 Å². The van der Waals surface area contributed by atoms with Gasteiger partial charge in [0.15, 0.2) is 0 Å². The fraction of sp³-hybridized carbons (Fsp3) is 0.478. The van der Waals surface area contributed by atoms with E-state index in [4.69, 9.17) is 4.74 Å². The molecule has 4 rings (SSSR count). The van der Waals surface area contributed by atoms with E-state index in [0.717, 1.165) is 42.1 Å². The molecule has 3 atom stereocenters. The normalized spacial score (nSPS) is 21.9. The first-order valence-electron chi connectivity index (χ1n) is 10.4. The first kappa shape index (κ1) is 22.4. The molecule has 0 radical (unpaired) electrons. The van der Waals surface area contributed by atoms with E-state index in [2.05, 4.69) is 10.6 Å². The summed E-state index contributed by atoms with van der Waals surface area (Å²) in [7, 11) is 0. The molecule has 0 aliphatic carbocycles. The zero-order chi connectivity index (χ0) is 20.4. The van der Waals surface area contributed by atoms with E-state index in [1.807, 2.05) is 38.1 Å². The summed E-state index contributed by atoms with van der Waals surface area (Å²) >= 11 is 0. The average molecular weight is 432 g/mol. The molecule has 0 unspecified atom stereocenters. The Morgan fingerprint density at radius 2 is 1.90 bits per heavy atom.